The summed E-state index contributed by atoms with van der Waals surface area (Å²) in [5.74, 6) is -0.524. The fourth-order valence-corrected chi connectivity index (χ4v) is 2.78. The predicted octanol–water partition coefficient (Wildman–Crippen LogP) is 2.21. The van der Waals surface area contributed by atoms with Gasteiger partial charge < -0.3 is 4.90 Å². The van der Waals surface area contributed by atoms with Crippen molar-refractivity contribution in [2.24, 2.45) is 7.05 Å². The van der Waals surface area contributed by atoms with Gasteiger partial charge in [-0.1, -0.05) is 0 Å². The van der Waals surface area contributed by atoms with Crippen LogP contribution in [-0.2, 0) is 13.2 Å². The minimum atomic E-state index is -4.55. The van der Waals surface area contributed by atoms with Gasteiger partial charge in [-0.3, -0.25) is 19.4 Å². The molecule has 3 rings (SSSR count). The minimum absolute atomic E-state index is 0.212. The van der Waals surface area contributed by atoms with Crippen LogP contribution in [0.1, 0.15) is 40.8 Å². The van der Waals surface area contributed by atoms with Crippen molar-refractivity contribution in [2.45, 2.75) is 25.1 Å². The van der Waals surface area contributed by atoms with Gasteiger partial charge in [0.25, 0.3) is 5.91 Å². The molecule has 1 atom stereocenters. The zero-order valence-corrected chi connectivity index (χ0v) is 12.3. The van der Waals surface area contributed by atoms with Crippen molar-refractivity contribution < 1.29 is 18.0 Å². The molecule has 1 aliphatic heterocycles. The van der Waals surface area contributed by atoms with Crippen LogP contribution in [0.4, 0.5) is 13.2 Å². The Morgan fingerprint density at radius 3 is 2.74 bits per heavy atom. The zero-order valence-electron chi connectivity index (χ0n) is 12.3. The molecule has 6 nitrogen and oxygen atoms in total. The molecule has 1 fully saturated rings. The Morgan fingerprint density at radius 2 is 2.13 bits per heavy atom. The van der Waals surface area contributed by atoms with Crippen molar-refractivity contribution in [1.29, 1.82) is 0 Å². The first-order valence-electron chi connectivity index (χ1n) is 7.06. The summed E-state index contributed by atoms with van der Waals surface area (Å²) in [6, 6.07) is 0.501. The van der Waals surface area contributed by atoms with Crippen molar-refractivity contribution in [2.75, 3.05) is 6.54 Å². The van der Waals surface area contributed by atoms with Gasteiger partial charge in [-0.15, -0.1) is 0 Å². The Labute approximate surface area is 130 Å². The minimum Gasteiger partial charge on any atom is -0.329 e. The molecule has 0 N–H and O–H groups in total. The standard InChI is InChI=1S/C14H14F3N5O/c1-21-12(14(15,16)17)7-9(20-21)13(23)22-6-2-3-11(22)10-8-18-4-5-19-10/h4-5,7-8,11H,2-3,6H2,1H3/t11-/m1/s1. The summed E-state index contributed by atoms with van der Waals surface area (Å²) < 4.78 is 39.2. The van der Waals surface area contributed by atoms with Crippen molar-refractivity contribution in [3.8, 4) is 0 Å². The molecule has 1 aliphatic rings. The fraction of sp³-hybridized carbons (Fsp3) is 0.429. The maximum Gasteiger partial charge on any atom is 0.433 e. The van der Waals surface area contributed by atoms with E-state index in [0.717, 1.165) is 12.5 Å². The Bertz CT molecular complexity index is 713. The Balaban J connectivity index is 1.88. The monoisotopic (exact) mass is 325 g/mol. The average molecular weight is 325 g/mol. The van der Waals surface area contributed by atoms with E-state index in [1.54, 1.807) is 6.20 Å². The van der Waals surface area contributed by atoms with Gasteiger partial charge in [-0.05, 0) is 12.8 Å². The number of alkyl halides is 3. The van der Waals surface area contributed by atoms with Gasteiger partial charge in [0.05, 0.1) is 17.9 Å². The van der Waals surface area contributed by atoms with Crippen LogP contribution >= 0.6 is 0 Å². The molecule has 1 amide bonds. The van der Waals surface area contributed by atoms with Crippen molar-refractivity contribution in [3.05, 3.63) is 41.7 Å². The van der Waals surface area contributed by atoms with Gasteiger partial charge in [-0.25, -0.2) is 0 Å². The second-order valence-corrected chi connectivity index (χ2v) is 5.32. The molecule has 0 saturated carbocycles. The topological polar surface area (TPSA) is 63.9 Å². The summed E-state index contributed by atoms with van der Waals surface area (Å²) >= 11 is 0. The quantitative estimate of drug-likeness (QED) is 0.849. The van der Waals surface area contributed by atoms with E-state index >= 15 is 0 Å². The highest BCUT2D eigenvalue weighted by molar-refractivity contribution is 5.93. The lowest BCUT2D eigenvalue weighted by molar-refractivity contribution is -0.143. The summed E-state index contributed by atoms with van der Waals surface area (Å²) in [5, 5.41) is 3.72. The maximum absolute atomic E-state index is 12.8. The molecule has 0 bridgehead atoms. The number of amides is 1. The highest BCUT2D eigenvalue weighted by Crippen LogP contribution is 2.33. The SMILES string of the molecule is Cn1nc(C(=O)N2CCC[C@@H]2c2cnccn2)cc1C(F)(F)F. The van der Waals surface area contributed by atoms with Crippen LogP contribution in [0.5, 0.6) is 0 Å². The lowest BCUT2D eigenvalue weighted by atomic mass is 10.1. The first-order valence-corrected chi connectivity index (χ1v) is 7.06. The molecule has 2 aromatic heterocycles. The van der Waals surface area contributed by atoms with Gasteiger partial charge in [0.1, 0.15) is 5.69 Å². The van der Waals surface area contributed by atoms with E-state index in [4.69, 9.17) is 0 Å². The third-order valence-electron chi connectivity index (χ3n) is 3.83. The normalized spacial score (nSPS) is 18.4. The van der Waals surface area contributed by atoms with E-state index in [9.17, 15) is 18.0 Å². The summed E-state index contributed by atoms with van der Waals surface area (Å²) in [6.45, 7) is 0.456. The number of carbonyl (C=O) groups excluding carboxylic acids is 1. The molecule has 9 heteroatoms. The maximum atomic E-state index is 12.8. The number of hydrogen-bond acceptors (Lipinski definition) is 4. The van der Waals surface area contributed by atoms with Gasteiger partial charge >= 0.3 is 6.18 Å². The first-order chi connectivity index (χ1) is 10.9. The number of carbonyl (C=O) groups is 1. The number of rotatable bonds is 2. The Morgan fingerprint density at radius 1 is 1.35 bits per heavy atom. The van der Waals surface area contributed by atoms with Gasteiger partial charge in [0.15, 0.2) is 5.69 Å². The number of aryl methyl sites for hydroxylation is 1. The molecular formula is C14H14F3N5O. The van der Waals surface area contributed by atoms with Crippen molar-refractivity contribution in [1.82, 2.24) is 24.6 Å². The predicted molar refractivity (Wildman–Crippen MR) is 73.3 cm³/mol. The van der Waals surface area contributed by atoms with E-state index in [2.05, 4.69) is 15.1 Å². The molecule has 0 aliphatic carbocycles. The third-order valence-corrected chi connectivity index (χ3v) is 3.83. The van der Waals surface area contributed by atoms with Gasteiger partial charge in [0, 0.05) is 32.1 Å². The summed E-state index contributed by atoms with van der Waals surface area (Å²) in [4.78, 5) is 22.2. The molecule has 23 heavy (non-hydrogen) atoms. The lowest BCUT2D eigenvalue weighted by Gasteiger charge is -2.23. The summed E-state index contributed by atoms with van der Waals surface area (Å²) in [5.41, 5.74) is -0.531. The Kier molecular flexibility index (Phi) is 3.78. The smallest absolute Gasteiger partial charge is 0.329 e. The van der Waals surface area contributed by atoms with Crippen LogP contribution in [0.3, 0.4) is 0 Å². The molecule has 3 heterocycles. The van der Waals surface area contributed by atoms with E-state index in [0.29, 0.717) is 23.3 Å². The molecule has 1 saturated heterocycles. The third kappa shape index (κ3) is 2.90. The number of hydrogen-bond donors (Lipinski definition) is 0. The first kappa shape index (κ1) is 15.4. The Hall–Kier alpha value is -2.45. The fourth-order valence-electron chi connectivity index (χ4n) is 2.78. The molecule has 0 aromatic carbocycles. The highest BCUT2D eigenvalue weighted by Gasteiger charge is 2.38. The number of halogens is 3. The number of likely N-dealkylation sites (tertiary alicyclic amines) is 1. The second-order valence-electron chi connectivity index (χ2n) is 5.32. The van der Waals surface area contributed by atoms with Crippen molar-refractivity contribution >= 4 is 5.91 Å². The van der Waals surface area contributed by atoms with Crippen molar-refractivity contribution in [3.63, 3.8) is 0 Å². The van der Waals surface area contributed by atoms with Crippen LogP contribution in [-0.4, -0.2) is 37.1 Å². The second kappa shape index (κ2) is 5.64. The van der Waals surface area contributed by atoms with Gasteiger partial charge in [0.2, 0.25) is 0 Å². The van der Waals surface area contributed by atoms with Crippen LogP contribution in [0.2, 0.25) is 0 Å². The van der Waals surface area contributed by atoms with Crippen LogP contribution < -0.4 is 0 Å². The average Bonchev–Trinajstić information content (AvgIpc) is 3.13. The molecule has 0 unspecified atom stereocenters. The van der Waals surface area contributed by atoms with Crippen LogP contribution in [0.15, 0.2) is 24.7 Å². The van der Waals surface area contributed by atoms with Crippen LogP contribution in [0.25, 0.3) is 0 Å². The molecular weight excluding hydrogens is 311 g/mol. The molecule has 122 valence electrons. The number of aromatic nitrogens is 4. The summed E-state index contributed by atoms with van der Waals surface area (Å²) in [7, 11) is 1.17. The highest BCUT2D eigenvalue weighted by atomic mass is 19.4. The van der Waals surface area contributed by atoms with E-state index < -0.39 is 17.8 Å². The van der Waals surface area contributed by atoms with Crippen LogP contribution in [0, 0.1) is 0 Å². The molecule has 0 radical (unpaired) electrons. The van der Waals surface area contributed by atoms with Gasteiger partial charge in [-0.2, -0.15) is 18.3 Å². The summed E-state index contributed by atoms with van der Waals surface area (Å²) in [6.07, 6.45) is 1.53. The number of nitrogens with zero attached hydrogens (tertiary/aromatic N) is 5. The largest absolute Gasteiger partial charge is 0.433 e. The van der Waals surface area contributed by atoms with E-state index in [1.807, 2.05) is 0 Å². The van der Waals surface area contributed by atoms with E-state index in [1.165, 1.54) is 24.3 Å². The lowest BCUT2D eigenvalue weighted by Crippen LogP contribution is -2.31. The zero-order chi connectivity index (χ0) is 16.6. The molecule has 0 spiro atoms. The molecule has 2 aromatic rings. The van der Waals surface area contributed by atoms with E-state index in [-0.39, 0.29) is 11.7 Å².